The van der Waals surface area contributed by atoms with Crippen molar-refractivity contribution >= 4 is 29.6 Å². The number of rotatable bonds is 15. The number of nitrogens with one attached hydrogen (secondary N) is 3. The van der Waals surface area contributed by atoms with Crippen LogP contribution in [0.2, 0.25) is 0 Å². The van der Waals surface area contributed by atoms with Gasteiger partial charge in [0, 0.05) is 31.3 Å². The van der Waals surface area contributed by atoms with Crippen molar-refractivity contribution in [1.29, 1.82) is 0 Å². The van der Waals surface area contributed by atoms with Gasteiger partial charge < -0.3 is 42.8 Å². The number of unbranched alkanes of at least 4 members (excludes halogenated alkanes) is 1. The monoisotopic (exact) mass is 508 g/mol. The molecule has 1 aliphatic rings. The molecular formula is C22H36N8O6. The van der Waals surface area contributed by atoms with Crippen LogP contribution in [0.15, 0.2) is 12.5 Å². The molecule has 0 radical (unpaired) electrons. The molecule has 1 aromatic rings. The third kappa shape index (κ3) is 8.61. The molecule has 1 fully saturated rings. The maximum absolute atomic E-state index is 13.3. The number of carbonyl (C=O) groups is 5. The number of amides is 4. The molecule has 4 unspecified atom stereocenters. The smallest absolute Gasteiger partial charge is 0.326 e. The quantitative estimate of drug-likeness (QED) is 0.126. The molecule has 2 heterocycles. The van der Waals surface area contributed by atoms with Gasteiger partial charge in [0.15, 0.2) is 0 Å². The lowest BCUT2D eigenvalue weighted by atomic mass is 10.0. The summed E-state index contributed by atoms with van der Waals surface area (Å²) in [7, 11) is 0. The lowest BCUT2D eigenvalue weighted by Gasteiger charge is -2.29. The van der Waals surface area contributed by atoms with Crippen LogP contribution < -0.4 is 27.8 Å². The zero-order chi connectivity index (χ0) is 26.7. The van der Waals surface area contributed by atoms with E-state index in [0.717, 1.165) is 0 Å². The second-order valence-electron chi connectivity index (χ2n) is 8.83. The summed E-state index contributed by atoms with van der Waals surface area (Å²) in [4.78, 5) is 69.8. The van der Waals surface area contributed by atoms with Gasteiger partial charge in [0.2, 0.25) is 23.6 Å². The first-order valence-corrected chi connectivity index (χ1v) is 12.0. The SMILES string of the molecule is NCCCCC(NC(=O)C(Cc1cnc[nH]1)NC(=O)C(N)CCC(N)=O)C(=O)N1CCCC1C(=O)O. The number of aromatic nitrogens is 2. The molecule has 0 saturated carbocycles. The van der Waals surface area contributed by atoms with Crippen molar-refractivity contribution in [3.8, 4) is 0 Å². The summed E-state index contributed by atoms with van der Waals surface area (Å²) < 4.78 is 0. The van der Waals surface area contributed by atoms with E-state index < -0.39 is 53.8 Å². The van der Waals surface area contributed by atoms with E-state index in [1.807, 2.05) is 0 Å². The van der Waals surface area contributed by atoms with Crippen LogP contribution in [-0.4, -0.2) is 86.8 Å². The summed E-state index contributed by atoms with van der Waals surface area (Å²) >= 11 is 0. The number of carbonyl (C=O) groups excluding carboxylic acids is 4. The number of hydrogen-bond donors (Lipinski definition) is 7. The fraction of sp³-hybridized carbons (Fsp3) is 0.636. The molecule has 36 heavy (non-hydrogen) atoms. The first-order valence-electron chi connectivity index (χ1n) is 12.0. The Morgan fingerprint density at radius 2 is 1.86 bits per heavy atom. The summed E-state index contributed by atoms with van der Waals surface area (Å²) in [6.45, 7) is 0.681. The number of aliphatic carboxylic acids is 1. The highest BCUT2D eigenvalue weighted by atomic mass is 16.4. The molecule has 2 rings (SSSR count). The highest BCUT2D eigenvalue weighted by Gasteiger charge is 2.38. The van der Waals surface area contributed by atoms with Gasteiger partial charge in [-0.1, -0.05) is 0 Å². The second-order valence-corrected chi connectivity index (χ2v) is 8.83. The number of primary amides is 1. The zero-order valence-electron chi connectivity index (χ0n) is 20.2. The molecule has 0 aliphatic carbocycles. The van der Waals surface area contributed by atoms with Crippen molar-refractivity contribution in [3.05, 3.63) is 18.2 Å². The van der Waals surface area contributed by atoms with Gasteiger partial charge in [-0.05, 0) is 45.1 Å². The molecule has 0 aromatic carbocycles. The average Bonchev–Trinajstić information content (AvgIpc) is 3.53. The number of hydrogen-bond acceptors (Lipinski definition) is 8. The molecule has 200 valence electrons. The van der Waals surface area contributed by atoms with E-state index in [1.165, 1.54) is 17.4 Å². The number of H-pyrrole nitrogens is 1. The van der Waals surface area contributed by atoms with Crippen LogP contribution in [0.5, 0.6) is 0 Å². The highest BCUT2D eigenvalue weighted by molar-refractivity contribution is 5.94. The Labute approximate surface area is 208 Å². The molecule has 14 heteroatoms. The van der Waals surface area contributed by atoms with Gasteiger partial charge in [0.25, 0.3) is 0 Å². The maximum atomic E-state index is 13.3. The molecule has 14 nitrogen and oxygen atoms in total. The molecule has 1 saturated heterocycles. The van der Waals surface area contributed by atoms with Crippen molar-refractivity contribution in [3.63, 3.8) is 0 Å². The van der Waals surface area contributed by atoms with E-state index in [4.69, 9.17) is 17.2 Å². The Kier molecular flexibility index (Phi) is 11.3. The van der Waals surface area contributed by atoms with Gasteiger partial charge >= 0.3 is 5.97 Å². The zero-order valence-corrected chi connectivity index (χ0v) is 20.2. The van der Waals surface area contributed by atoms with E-state index in [-0.39, 0.29) is 32.2 Å². The number of carboxylic acid groups (broad SMARTS) is 1. The van der Waals surface area contributed by atoms with Gasteiger partial charge in [-0.3, -0.25) is 19.2 Å². The van der Waals surface area contributed by atoms with Crippen molar-refractivity contribution in [2.45, 2.75) is 75.5 Å². The number of nitrogens with two attached hydrogens (primary N) is 3. The van der Waals surface area contributed by atoms with Crippen LogP contribution in [0.25, 0.3) is 0 Å². The highest BCUT2D eigenvalue weighted by Crippen LogP contribution is 2.20. The summed E-state index contributed by atoms with van der Waals surface area (Å²) in [5, 5.41) is 14.7. The topological polar surface area (TPSA) is 240 Å². The number of nitrogens with zero attached hydrogens (tertiary/aromatic N) is 2. The number of aromatic amines is 1. The third-order valence-electron chi connectivity index (χ3n) is 6.03. The van der Waals surface area contributed by atoms with E-state index >= 15 is 0 Å². The predicted molar refractivity (Wildman–Crippen MR) is 128 cm³/mol. The Balaban J connectivity index is 2.17. The van der Waals surface area contributed by atoms with Gasteiger partial charge in [-0.25, -0.2) is 9.78 Å². The van der Waals surface area contributed by atoms with Crippen LogP contribution in [0.3, 0.4) is 0 Å². The van der Waals surface area contributed by atoms with E-state index in [9.17, 15) is 29.1 Å². The molecule has 4 amide bonds. The van der Waals surface area contributed by atoms with E-state index in [0.29, 0.717) is 37.9 Å². The van der Waals surface area contributed by atoms with Crippen LogP contribution in [-0.2, 0) is 30.4 Å². The average molecular weight is 509 g/mol. The number of imidazole rings is 1. The summed E-state index contributed by atoms with van der Waals surface area (Å²) in [5.41, 5.74) is 17.1. The molecule has 10 N–H and O–H groups in total. The summed E-state index contributed by atoms with van der Waals surface area (Å²) in [6, 6.07) is -4.13. The fourth-order valence-electron chi connectivity index (χ4n) is 4.04. The molecule has 0 bridgehead atoms. The Morgan fingerprint density at radius 1 is 1.14 bits per heavy atom. The second kappa shape index (κ2) is 14.1. The van der Waals surface area contributed by atoms with E-state index in [2.05, 4.69) is 20.6 Å². The molecule has 1 aromatic heterocycles. The lowest BCUT2D eigenvalue weighted by Crippen LogP contribution is -2.57. The van der Waals surface area contributed by atoms with Gasteiger partial charge in [-0.15, -0.1) is 0 Å². The third-order valence-corrected chi connectivity index (χ3v) is 6.03. The normalized spacial score (nSPS) is 17.7. The number of likely N-dealkylation sites (tertiary alicyclic amines) is 1. The minimum Gasteiger partial charge on any atom is -0.480 e. The Hall–Kier alpha value is -3.52. The van der Waals surface area contributed by atoms with Crippen LogP contribution in [0.4, 0.5) is 0 Å². The number of carboxylic acids is 1. The van der Waals surface area contributed by atoms with Crippen molar-refractivity contribution in [2.75, 3.05) is 13.1 Å². The largest absolute Gasteiger partial charge is 0.480 e. The van der Waals surface area contributed by atoms with E-state index in [1.54, 1.807) is 0 Å². The van der Waals surface area contributed by atoms with Crippen molar-refractivity contribution < 1.29 is 29.1 Å². The van der Waals surface area contributed by atoms with Crippen LogP contribution in [0, 0.1) is 0 Å². The molecular weight excluding hydrogens is 472 g/mol. The predicted octanol–water partition coefficient (Wildman–Crippen LogP) is -2.28. The van der Waals surface area contributed by atoms with Crippen molar-refractivity contribution in [2.24, 2.45) is 17.2 Å². The lowest BCUT2D eigenvalue weighted by molar-refractivity contribution is -0.149. The van der Waals surface area contributed by atoms with Gasteiger partial charge in [-0.2, -0.15) is 0 Å². The Bertz CT molecular complexity index is 908. The van der Waals surface area contributed by atoms with Gasteiger partial charge in [0.05, 0.1) is 12.4 Å². The molecule has 4 atom stereocenters. The summed E-state index contributed by atoms with van der Waals surface area (Å²) in [6.07, 6.45) is 5.15. The maximum Gasteiger partial charge on any atom is 0.326 e. The van der Waals surface area contributed by atoms with Crippen molar-refractivity contribution in [1.82, 2.24) is 25.5 Å². The summed E-state index contributed by atoms with van der Waals surface area (Å²) in [5.74, 6) is -3.49. The first-order chi connectivity index (χ1) is 17.1. The minimum absolute atomic E-state index is 0.00526. The van der Waals surface area contributed by atoms with Gasteiger partial charge in [0.1, 0.15) is 18.1 Å². The first kappa shape index (κ1) is 28.7. The standard InChI is InChI=1S/C22H36N8O6/c23-8-2-1-4-15(21(34)30-9-3-5-17(30)22(35)36)28-20(33)16(10-13-11-26-12-27-13)29-19(32)14(24)6-7-18(25)31/h11-12,14-17H,1-10,23-24H2,(H2,25,31)(H,26,27)(H,28,33)(H,29,32)(H,35,36). The fourth-order valence-corrected chi connectivity index (χ4v) is 4.04. The molecule has 1 aliphatic heterocycles. The molecule has 0 spiro atoms. The van der Waals surface area contributed by atoms with Crippen LogP contribution >= 0.6 is 0 Å². The Morgan fingerprint density at radius 3 is 2.47 bits per heavy atom. The van der Waals surface area contributed by atoms with Crippen LogP contribution in [0.1, 0.15) is 50.6 Å². The minimum atomic E-state index is -1.11.